The Labute approximate surface area is 179 Å². The molecule has 0 unspecified atom stereocenters. The van der Waals surface area contributed by atoms with Gasteiger partial charge in [-0.1, -0.05) is 0 Å². The number of aliphatic imine (C=N–C) groups is 1. The Morgan fingerprint density at radius 2 is 2.10 bits per heavy atom. The maximum absolute atomic E-state index is 10.6. The van der Waals surface area contributed by atoms with Gasteiger partial charge in [0.2, 0.25) is 0 Å². The minimum Gasteiger partial charge on any atom is -0.494 e. The Morgan fingerprint density at radius 1 is 1.26 bits per heavy atom. The molecule has 4 aromatic rings. The number of fused-ring (bicyclic) bond motifs is 1. The molecule has 2 N–H and O–H groups in total. The predicted molar refractivity (Wildman–Crippen MR) is 119 cm³/mol. The van der Waals surface area contributed by atoms with Gasteiger partial charge >= 0.3 is 0 Å². The van der Waals surface area contributed by atoms with E-state index in [1.807, 2.05) is 36.9 Å². The van der Waals surface area contributed by atoms with Crippen LogP contribution in [0.4, 0.5) is 5.69 Å². The van der Waals surface area contributed by atoms with E-state index in [2.05, 4.69) is 20.1 Å². The number of aryl methyl sites for hydroxylation is 1. The number of nitrogens with one attached hydrogen (secondary N) is 1. The Balaban J connectivity index is 1.52. The first-order valence-corrected chi connectivity index (χ1v) is 10.4. The van der Waals surface area contributed by atoms with Gasteiger partial charge in [0, 0.05) is 36.6 Å². The van der Waals surface area contributed by atoms with Crippen molar-refractivity contribution in [2.45, 2.75) is 32.7 Å². The normalized spacial score (nSPS) is 15.6. The lowest BCUT2D eigenvalue weighted by Gasteiger charge is -2.22. The molecule has 1 aliphatic rings. The molecule has 31 heavy (non-hydrogen) atoms. The second-order valence-electron chi connectivity index (χ2n) is 7.87. The van der Waals surface area contributed by atoms with Gasteiger partial charge in [0.15, 0.2) is 5.88 Å². The smallest absolute Gasteiger partial charge is 0.198 e. The van der Waals surface area contributed by atoms with E-state index in [-0.39, 0.29) is 5.88 Å². The van der Waals surface area contributed by atoms with Crippen molar-refractivity contribution in [3.05, 3.63) is 54.2 Å². The highest BCUT2D eigenvalue weighted by Gasteiger charge is 2.18. The third-order valence-electron chi connectivity index (χ3n) is 5.79. The maximum Gasteiger partial charge on any atom is 0.198 e. The SMILES string of the molecule is CC(=Nc1cnn(C2CCOCC2)c1)c1c(O)[nH]c2cnc(-c3cnccc3C)cc12. The van der Waals surface area contributed by atoms with E-state index in [9.17, 15) is 5.11 Å². The molecular weight excluding hydrogens is 392 g/mol. The minimum atomic E-state index is 0.0786. The zero-order valence-electron chi connectivity index (χ0n) is 17.5. The fourth-order valence-electron chi connectivity index (χ4n) is 4.11. The number of nitrogens with zero attached hydrogens (tertiary/aromatic N) is 5. The van der Waals surface area contributed by atoms with Crippen LogP contribution in [-0.4, -0.2) is 48.8 Å². The minimum absolute atomic E-state index is 0.0786. The third kappa shape index (κ3) is 3.70. The number of hydrogen-bond donors (Lipinski definition) is 2. The molecule has 0 atom stereocenters. The van der Waals surface area contributed by atoms with E-state index in [1.165, 1.54) is 0 Å². The molecule has 0 radical (unpaired) electrons. The molecule has 1 saturated heterocycles. The summed E-state index contributed by atoms with van der Waals surface area (Å²) in [6.07, 6.45) is 10.9. The number of hydrogen-bond acceptors (Lipinski definition) is 6. The Morgan fingerprint density at radius 3 is 2.90 bits per heavy atom. The summed E-state index contributed by atoms with van der Waals surface area (Å²) < 4.78 is 7.40. The number of aromatic amines is 1. The summed E-state index contributed by atoms with van der Waals surface area (Å²) in [5, 5.41) is 16.0. The van der Waals surface area contributed by atoms with E-state index in [1.54, 1.807) is 24.8 Å². The van der Waals surface area contributed by atoms with Gasteiger partial charge in [-0.3, -0.25) is 14.6 Å². The lowest BCUT2D eigenvalue weighted by molar-refractivity contribution is 0.0662. The number of ether oxygens (including phenoxy) is 1. The van der Waals surface area contributed by atoms with Crippen LogP contribution in [0.1, 0.15) is 36.9 Å². The van der Waals surface area contributed by atoms with Crippen LogP contribution in [0.3, 0.4) is 0 Å². The van der Waals surface area contributed by atoms with Crippen molar-refractivity contribution in [3.8, 4) is 17.1 Å². The molecule has 5 heterocycles. The molecular formula is C23H24N6O2. The Kier molecular flexibility index (Phi) is 4.99. The van der Waals surface area contributed by atoms with Crippen LogP contribution in [-0.2, 0) is 4.74 Å². The third-order valence-corrected chi connectivity index (χ3v) is 5.79. The van der Waals surface area contributed by atoms with Crippen LogP contribution >= 0.6 is 0 Å². The average molecular weight is 416 g/mol. The molecule has 8 heteroatoms. The van der Waals surface area contributed by atoms with Gasteiger partial charge in [0.25, 0.3) is 0 Å². The fraction of sp³-hybridized carbons (Fsp3) is 0.304. The molecule has 0 saturated carbocycles. The van der Waals surface area contributed by atoms with Crippen molar-refractivity contribution in [2.24, 2.45) is 4.99 Å². The van der Waals surface area contributed by atoms with Crippen LogP contribution in [0.15, 0.2) is 48.1 Å². The zero-order valence-corrected chi connectivity index (χ0v) is 17.5. The van der Waals surface area contributed by atoms with Gasteiger partial charge in [-0.15, -0.1) is 0 Å². The first-order valence-electron chi connectivity index (χ1n) is 10.4. The van der Waals surface area contributed by atoms with Gasteiger partial charge < -0.3 is 14.8 Å². The van der Waals surface area contributed by atoms with Crippen LogP contribution in [0, 0.1) is 6.92 Å². The molecule has 0 aliphatic carbocycles. The van der Waals surface area contributed by atoms with Gasteiger partial charge in [0.1, 0.15) is 5.69 Å². The summed E-state index contributed by atoms with van der Waals surface area (Å²) in [4.78, 5) is 16.5. The highest BCUT2D eigenvalue weighted by atomic mass is 16.5. The van der Waals surface area contributed by atoms with Gasteiger partial charge in [-0.05, 0) is 44.4 Å². The van der Waals surface area contributed by atoms with Crippen molar-refractivity contribution in [1.82, 2.24) is 24.7 Å². The summed E-state index contributed by atoms with van der Waals surface area (Å²) in [6.45, 7) is 5.45. The highest BCUT2D eigenvalue weighted by molar-refractivity contribution is 6.13. The molecule has 0 bridgehead atoms. The van der Waals surface area contributed by atoms with E-state index >= 15 is 0 Å². The number of rotatable bonds is 4. The van der Waals surface area contributed by atoms with Crippen LogP contribution < -0.4 is 0 Å². The zero-order chi connectivity index (χ0) is 21.4. The predicted octanol–water partition coefficient (Wildman–Crippen LogP) is 4.33. The second-order valence-corrected chi connectivity index (χ2v) is 7.87. The van der Waals surface area contributed by atoms with Crippen molar-refractivity contribution < 1.29 is 9.84 Å². The number of pyridine rings is 2. The fourth-order valence-corrected chi connectivity index (χ4v) is 4.11. The van der Waals surface area contributed by atoms with E-state index in [4.69, 9.17) is 9.73 Å². The van der Waals surface area contributed by atoms with Crippen LogP contribution in [0.25, 0.3) is 22.2 Å². The van der Waals surface area contributed by atoms with E-state index < -0.39 is 0 Å². The largest absolute Gasteiger partial charge is 0.494 e. The number of aromatic nitrogens is 5. The standard InChI is InChI=1S/C23H24N6O2/c1-14-3-6-24-11-19(14)20-9-18-21(12-25-20)28-23(30)22(18)15(2)27-16-10-26-29(13-16)17-4-7-31-8-5-17/h3,6,9-13,17,28,30H,4-5,7-8H2,1-2H3. The second kappa shape index (κ2) is 7.96. The molecule has 0 aromatic carbocycles. The summed E-state index contributed by atoms with van der Waals surface area (Å²) in [5.41, 5.74) is 5.74. The van der Waals surface area contributed by atoms with Crippen LogP contribution in [0.2, 0.25) is 0 Å². The van der Waals surface area contributed by atoms with Crippen molar-refractivity contribution in [3.63, 3.8) is 0 Å². The van der Waals surface area contributed by atoms with Crippen molar-refractivity contribution in [1.29, 1.82) is 0 Å². The van der Waals surface area contributed by atoms with Gasteiger partial charge in [-0.2, -0.15) is 5.10 Å². The first kappa shape index (κ1) is 19.4. The molecule has 5 rings (SSSR count). The van der Waals surface area contributed by atoms with E-state index in [0.29, 0.717) is 17.3 Å². The maximum atomic E-state index is 10.6. The van der Waals surface area contributed by atoms with Crippen LogP contribution in [0.5, 0.6) is 5.88 Å². The molecule has 8 nitrogen and oxygen atoms in total. The summed E-state index contributed by atoms with van der Waals surface area (Å²) in [6, 6.07) is 4.27. The molecule has 158 valence electrons. The lowest BCUT2D eigenvalue weighted by atomic mass is 10.0. The molecule has 1 fully saturated rings. The topological polar surface area (TPSA) is 101 Å². The Bertz CT molecular complexity index is 1270. The van der Waals surface area contributed by atoms with Crippen molar-refractivity contribution in [2.75, 3.05) is 13.2 Å². The Hall–Kier alpha value is -3.52. The van der Waals surface area contributed by atoms with Crippen molar-refractivity contribution >= 4 is 22.3 Å². The van der Waals surface area contributed by atoms with Gasteiger partial charge in [0.05, 0.1) is 47.1 Å². The summed E-state index contributed by atoms with van der Waals surface area (Å²) >= 11 is 0. The number of H-pyrrole nitrogens is 1. The monoisotopic (exact) mass is 416 g/mol. The quantitative estimate of drug-likeness (QED) is 0.482. The molecule has 1 aliphatic heterocycles. The molecule has 4 aromatic heterocycles. The highest BCUT2D eigenvalue weighted by Crippen LogP contribution is 2.32. The van der Waals surface area contributed by atoms with E-state index in [0.717, 1.165) is 59.5 Å². The molecule has 0 spiro atoms. The molecule has 0 amide bonds. The average Bonchev–Trinajstić information content (AvgIpc) is 3.37. The van der Waals surface area contributed by atoms with Gasteiger partial charge in [-0.25, -0.2) is 4.99 Å². The lowest BCUT2D eigenvalue weighted by Crippen LogP contribution is -2.19. The number of aromatic hydroxyl groups is 1. The first-order chi connectivity index (χ1) is 15.1. The summed E-state index contributed by atoms with van der Waals surface area (Å²) in [5.74, 6) is 0.0786. The summed E-state index contributed by atoms with van der Waals surface area (Å²) in [7, 11) is 0.